The summed E-state index contributed by atoms with van der Waals surface area (Å²) in [6.07, 6.45) is 3.49. The molecule has 2 heterocycles. The molecule has 1 unspecified atom stereocenters. The van der Waals surface area contributed by atoms with Crippen molar-refractivity contribution in [1.29, 1.82) is 0 Å². The number of carbonyl (C=O) groups is 1. The molecule has 1 aliphatic rings. The Morgan fingerprint density at radius 1 is 1.40 bits per heavy atom. The van der Waals surface area contributed by atoms with Crippen molar-refractivity contribution in [2.75, 3.05) is 24.5 Å². The zero-order valence-electron chi connectivity index (χ0n) is 12.2. The molecule has 110 valence electrons. The second kappa shape index (κ2) is 6.70. The summed E-state index contributed by atoms with van der Waals surface area (Å²) in [6, 6.07) is 3.68. The molecule has 0 saturated carbocycles. The quantitative estimate of drug-likeness (QED) is 0.854. The molecule has 0 aromatic carbocycles. The largest absolute Gasteiger partial charge is 0.391 e. The predicted octanol–water partition coefficient (Wildman–Crippen LogP) is 1.43. The summed E-state index contributed by atoms with van der Waals surface area (Å²) in [6.45, 7) is 6.19. The van der Waals surface area contributed by atoms with Gasteiger partial charge in [0, 0.05) is 25.8 Å². The molecule has 1 saturated heterocycles. The molecule has 0 aliphatic carbocycles. The molecule has 0 radical (unpaired) electrons. The van der Waals surface area contributed by atoms with Crippen LogP contribution in [0, 0.1) is 5.92 Å². The van der Waals surface area contributed by atoms with Crippen molar-refractivity contribution in [3.63, 3.8) is 0 Å². The lowest BCUT2D eigenvalue weighted by atomic mass is 10.1. The van der Waals surface area contributed by atoms with Crippen molar-refractivity contribution < 1.29 is 9.90 Å². The van der Waals surface area contributed by atoms with Gasteiger partial charge in [-0.2, -0.15) is 0 Å². The van der Waals surface area contributed by atoms with Crippen LogP contribution in [0.25, 0.3) is 0 Å². The fraction of sp³-hybridized carbons (Fsp3) is 0.600. The van der Waals surface area contributed by atoms with Crippen LogP contribution in [0.1, 0.15) is 37.0 Å². The fourth-order valence-corrected chi connectivity index (χ4v) is 2.19. The van der Waals surface area contributed by atoms with E-state index in [9.17, 15) is 9.90 Å². The Balaban J connectivity index is 1.90. The molecular weight excluding hydrogens is 254 g/mol. The predicted molar refractivity (Wildman–Crippen MR) is 78.9 cm³/mol. The van der Waals surface area contributed by atoms with Crippen LogP contribution in [0.2, 0.25) is 0 Å². The zero-order valence-corrected chi connectivity index (χ0v) is 12.2. The number of aromatic nitrogens is 1. The molecule has 0 spiro atoms. The van der Waals surface area contributed by atoms with Crippen LogP contribution < -0.4 is 10.2 Å². The summed E-state index contributed by atoms with van der Waals surface area (Å²) in [5.74, 6) is 0.873. The van der Waals surface area contributed by atoms with Crippen molar-refractivity contribution in [1.82, 2.24) is 10.3 Å². The normalized spacial score (nSPS) is 16.5. The number of nitrogens with zero attached hydrogens (tertiary/aromatic N) is 2. The van der Waals surface area contributed by atoms with E-state index in [0.717, 1.165) is 18.9 Å². The molecule has 1 aromatic rings. The van der Waals surface area contributed by atoms with Gasteiger partial charge in [0.2, 0.25) is 0 Å². The van der Waals surface area contributed by atoms with E-state index in [-0.39, 0.29) is 18.4 Å². The second-order valence-electron chi connectivity index (χ2n) is 5.62. The lowest BCUT2D eigenvalue weighted by Gasteiger charge is -2.17. The van der Waals surface area contributed by atoms with E-state index in [2.05, 4.69) is 15.2 Å². The molecule has 0 bridgehead atoms. The summed E-state index contributed by atoms with van der Waals surface area (Å²) in [5, 5.41) is 12.4. The molecule has 1 aromatic heterocycles. The average Bonchev–Trinajstić information content (AvgIpc) is 2.98. The minimum Gasteiger partial charge on any atom is -0.391 e. The van der Waals surface area contributed by atoms with E-state index in [4.69, 9.17) is 0 Å². The number of hydrogen-bond donors (Lipinski definition) is 2. The third-order valence-corrected chi connectivity index (χ3v) is 3.68. The maximum Gasteiger partial charge on any atom is 0.252 e. The maximum atomic E-state index is 11.9. The van der Waals surface area contributed by atoms with Gasteiger partial charge in [-0.05, 0) is 30.9 Å². The second-order valence-corrected chi connectivity index (χ2v) is 5.62. The Bertz CT molecular complexity index is 439. The van der Waals surface area contributed by atoms with Gasteiger partial charge in [-0.1, -0.05) is 13.8 Å². The lowest BCUT2D eigenvalue weighted by Crippen LogP contribution is -2.34. The van der Waals surface area contributed by atoms with Crippen LogP contribution in [0.4, 0.5) is 5.82 Å². The number of amides is 1. The monoisotopic (exact) mass is 277 g/mol. The van der Waals surface area contributed by atoms with Crippen molar-refractivity contribution >= 4 is 11.7 Å². The molecule has 1 aliphatic heterocycles. The molecule has 5 nitrogen and oxygen atoms in total. The topological polar surface area (TPSA) is 65.5 Å². The van der Waals surface area contributed by atoms with E-state index in [1.165, 1.54) is 12.8 Å². The number of pyridine rings is 1. The number of aliphatic hydroxyl groups excluding tert-OH is 1. The molecular formula is C15H23N3O2. The van der Waals surface area contributed by atoms with E-state index in [0.29, 0.717) is 5.56 Å². The van der Waals surface area contributed by atoms with Crippen molar-refractivity contribution in [3.05, 3.63) is 23.9 Å². The molecule has 1 amide bonds. The molecule has 2 N–H and O–H groups in total. The molecule has 2 rings (SSSR count). The summed E-state index contributed by atoms with van der Waals surface area (Å²) >= 11 is 0. The van der Waals surface area contributed by atoms with Gasteiger partial charge in [-0.25, -0.2) is 4.98 Å². The summed E-state index contributed by atoms with van der Waals surface area (Å²) in [4.78, 5) is 18.5. The van der Waals surface area contributed by atoms with Gasteiger partial charge in [-0.3, -0.25) is 4.79 Å². The lowest BCUT2D eigenvalue weighted by molar-refractivity contribution is 0.0871. The Hall–Kier alpha value is -1.62. The highest BCUT2D eigenvalue weighted by Gasteiger charge is 2.15. The fourth-order valence-electron chi connectivity index (χ4n) is 2.19. The molecule has 20 heavy (non-hydrogen) atoms. The molecule has 1 atom stereocenters. The number of anilines is 1. The molecule has 1 fully saturated rings. The Morgan fingerprint density at radius 2 is 2.10 bits per heavy atom. The van der Waals surface area contributed by atoms with Crippen LogP contribution in [0.3, 0.4) is 0 Å². The van der Waals surface area contributed by atoms with E-state index >= 15 is 0 Å². The maximum absolute atomic E-state index is 11.9. The minimum absolute atomic E-state index is 0.131. The highest BCUT2D eigenvalue weighted by Crippen LogP contribution is 2.17. The highest BCUT2D eigenvalue weighted by molar-refractivity contribution is 5.94. The number of carbonyl (C=O) groups excluding carboxylic acids is 1. The number of hydrogen-bond acceptors (Lipinski definition) is 4. The number of nitrogens with one attached hydrogen (secondary N) is 1. The third kappa shape index (κ3) is 3.70. The third-order valence-electron chi connectivity index (χ3n) is 3.68. The van der Waals surface area contributed by atoms with Gasteiger partial charge >= 0.3 is 0 Å². The van der Waals surface area contributed by atoms with Crippen molar-refractivity contribution in [3.8, 4) is 0 Å². The van der Waals surface area contributed by atoms with Crippen molar-refractivity contribution in [2.45, 2.75) is 32.8 Å². The van der Waals surface area contributed by atoms with E-state index in [1.54, 1.807) is 12.3 Å². The summed E-state index contributed by atoms with van der Waals surface area (Å²) in [7, 11) is 0. The number of aliphatic hydroxyl groups is 1. The number of rotatable bonds is 5. The smallest absolute Gasteiger partial charge is 0.252 e. The van der Waals surface area contributed by atoms with E-state index in [1.807, 2.05) is 19.9 Å². The van der Waals surface area contributed by atoms with Crippen molar-refractivity contribution in [2.24, 2.45) is 5.92 Å². The van der Waals surface area contributed by atoms with Crippen LogP contribution in [0.5, 0.6) is 0 Å². The molecule has 5 heteroatoms. The van der Waals surface area contributed by atoms with Gasteiger partial charge in [0.15, 0.2) is 0 Å². The summed E-state index contributed by atoms with van der Waals surface area (Å²) < 4.78 is 0. The van der Waals surface area contributed by atoms with Gasteiger partial charge in [0.1, 0.15) is 5.82 Å². The van der Waals surface area contributed by atoms with Crippen LogP contribution >= 0.6 is 0 Å². The van der Waals surface area contributed by atoms with E-state index < -0.39 is 6.10 Å². The first-order chi connectivity index (χ1) is 9.58. The van der Waals surface area contributed by atoms with Crippen LogP contribution in [-0.4, -0.2) is 41.7 Å². The Labute approximate surface area is 120 Å². The van der Waals surface area contributed by atoms with Crippen LogP contribution in [-0.2, 0) is 0 Å². The first-order valence-corrected chi connectivity index (χ1v) is 7.25. The SMILES string of the molecule is CC(C)C(O)CNC(=O)c1ccc(N2CCCC2)nc1. The van der Waals surface area contributed by atoms with Crippen LogP contribution in [0.15, 0.2) is 18.3 Å². The average molecular weight is 277 g/mol. The summed E-state index contributed by atoms with van der Waals surface area (Å²) in [5.41, 5.74) is 0.531. The Kier molecular flexibility index (Phi) is 4.95. The van der Waals surface area contributed by atoms with Gasteiger partial charge in [0.05, 0.1) is 11.7 Å². The van der Waals surface area contributed by atoms with Gasteiger partial charge in [-0.15, -0.1) is 0 Å². The minimum atomic E-state index is -0.518. The standard InChI is InChI=1S/C15H23N3O2/c1-11(2)13(19)10-17-15(20)12-5-6-14(16-9-12)18-7-3-4-8-18/h5-6,9,11,13,19H,3-4,7-8,10H2,1-2H3,(H,17,20). The van der Waals surface area contributed by atoms with Gasteiger partial charge in [0.25, 0.3) is 5.91 Å². The zero-order chi connectivity index (χ0) is 14.5. The van der Waals surface area contributed by atoms with Gasteiger partial charge < -0.3 is 15.3 Å². The Morgan fingerprint density at radius 3 is 2.65 bits per heavy atom. The first-order valence-electron chi connectivity index (χ1n) is 7.25. The highest BCUT2D eigenvalue weighted by atomic mass is 16.3. The first kappa shape index (κ1) is 14.8.